The lowest BCUT2D eigenvalue weighted by molar-refractivity contribution is -0.128. The van der Waals surface area contributed by atoms with Crippen LogP contribution in [0.3, 0.4) is 0 Å². The van der Waals surface area contributed by atoms with E-state index in [0.717, 1.165) is 18.8 Å². The lowest BCUT2D eigenvalue weighted by Crippen LogP contribution is -2.36. The van der Waals surface area contributed by atoms with Crippen LogP contribution < -0.4 is 19.7 Å². The van der Waals surface area contributed by atoms with Gasteiger partial charge in [-0.25, -0.2) is 0 Å². The first-order valence-corrected chi connectivity index (χ1v) is 10.9. The first kappa shape index (κ1) is 23.1. The molecule has 3 rings (SSSR count). The summed E-state index contributed by atoms with van der Waals surface area (Å²) < 4.78 is 22.2. The predicted molar refractivity (Wildman–Crippen MR) is 117 cm³/mol. The van der Waals surface area contributed by atoms with Gasteiger partial charge in [-0.05, 0) is 13.8 Å². The van der Waals surface area contributed by atoms with Gasteiger partial charge in [0.15, 0.2) is 0 Å². The lowest BCUT2D eigenvalue weighted by atomic mass is 10.1. The molecule has 172 valence electrons. The number of nitrogens with zero attached hydrogens (tertiary/aromatic N) is 2. The first-order chi connectivity index (χ1) is 15.1. The van der Waals surface area contributed by atoms with Crippen molar-refractivity contribution in [1.29, 1.82) is 0 Å². The van der Waals surface area contributed by atoms with Crippen molar-refractivity contribution in [2.24, 2.45) is 5.92 Å². The Morgan fingerprint density at radius 1 is 1.16 bits per heavy atom. The second-order valence-corrected chi connectivity index (χ2v) is 7.50. The average molecular weight is 436 g/mol. The van der Waals surface area contributed by atoms with Gasteiger partial charge in [-0.1, -0.05) is 0 Å². The number of nitrogens with one attached hydrogen (secondary N) is 1. The summed E-state index contributed by atoms with van der Waals surface area (Å²) in [5.41, 5.74) is 1.48. The number of hydrogen-bond donors (Lipinski definition) is 1. The van der Waals surface area contributed by atoms with Crippen molar-refractivity contribution >= 4 is 23.2 Å². The molecule has 2 heterocycles. The Balaban J connectivity index is 1.79. The Labute approximate surface area is 183 Å². The maximum absolute atomic E-state index is 12.9. The number of anilines is 2. The second kappa shape index (κ2) is 11.2. The van der Waals surface area contributed by atoms with Gasteiger partial charge in [0, 0.05) is 51.8 Å². The summed E-state index contributed by atoms with van der Waals surface area (Å²) in [7, 11) is 1.59. The summed E-state index contributed by atoms with van der Waals surface area (Å²) in [6, 6.07) is 3.73. The largest absolute Gasteiger partial charge is 0.492 e. The number of benzene rings is 1. The first-order valence-electron chi connectivity index (χ1n) is 10.9. The number of methoxy groups -OCH3 is 1. The van der Waals surface area contributed by atoms with Crippen molar-refractivity contribution in [1.82, 2.24) is 4.90 Å². The van der Waals surface area contributed by atoms with E-state index >= 15 is 0 Å². The van der Waals surface area contributed by atoms with E-state index in [1.807, 2.05) is 26.0 Å². The van der Waals surface area contributed by atoms with Gasteiger partial charge in [-0.2, -0.15) is 0 Å². The molecule has 1 atom stereocenters. The Bertz CT molecular complexity index is 766. The molecule has 31 heavy (non-hydrogen) atoms. The van der Waals surface area contributed by atoms with Gasteiger partial charge in [0.2, 0.25) is 11.8 Å². The average Bonchev–Trinajstić information content (AvgIpc) is 3.15. The van der Waals surface area contributed by atoms with Crippen LogP contribution in [0.25, 0.3) is 0 Å². The Morgan fingerprint density at radius 2 is 1.87 bits per heavy atom. The molecule has 0 saturated carbocycles. The fraction of sp³-hybridized carbons (Fsp3) is 0.636. The van der Waals surface area contributed by atoms with Gasteiger partial charge < -0.3 is 34.1 Å². The highest BCUT2D eigenvalue weighted by Crippen LogP contribution is 2.39. The van der Waals surface area contributed by atoms with Crippen LogP contribution in [0.4, 0.5) is 11.4 Å². The zero-order valence-corrected chi connectivity index (χ0v) is 18.6. The molecule has 0 radical (unpaired) electrons. The van der Waals surface area contributed by atoms with E-state index in [4.69, 9.17) is 18.9 Å². The molecular weight excluding hydrogens is 402 g/mol. The Hall–Kier alpha value is -2.52. The molecule has 1 aromatic carbocycles. The summed E-state index contributed by atoms with van der Waals surface area (Å²) in [5, 5.41) is 2.97. The number of morpholine rings is 1. The van der Waals surface area contributed by atoms with Crippen LogP contribution in [0.5, 0.6) is 11.5 Å². The molecule has 9 nitrogen and oxygen atoms in total. The van der Waals surface area contributed by atoms with E-state index < -0.39 is 5.92 Å². The van der Waals surface area contributed by atoms with Gasteiger partial charge in [0.05, 0.1) is 50.3 Å². The van der Waals surface area contributed by atoms with Gasteiger partial charge in [-0.15, -0.1) is 0 Å². The van der Waals surface area contributed by atoms with E-state index in [0.29, 0.717) is 63.3 Å². The second-order valence-electron chi connectivity index (χ2n) is 7.50. The van der Waals surface area contributed by atoms with Crippen LogP contribution in [0.1, 0.15) is 20.3 Å². The summed E-state index contributed by atoms with van der Waals surface area (Å²) in [6.07, 6.45) is 0.198. The van der Waals surface area contributed by atoms with Crippen LogP contribution >= 0.6 is 0 Å². The maximum Gasteiger partial charge on any atom is 0.229 e. The van der Waals surface area contributed by atoms with E-state index in [2.05, 4.69) is 10.2 Å². The van der Waals surface area contributed by atoms with Crippen LogP contribution in [-0.2, 0) is 19.1 Å². The van der Waals surface area contributed by atoms with Gasteiger partial charge in [0.25, 0.3) is 0 Å². The zero-order chi connectivity index (χ0) is 22.2. The zero-order valence-electron chi connectivity index (χ0n) is 18.6. The third kappa shape index (κ3) is 5.80. The summed E-state index contributed by atoms with van der Waals surface area (Å²) in [5.74, 6) is 0.637. The molecular formula is C22H33N3O6. The number of rotatable bonds is 10. The van der Waals surface area contributed by atoms with Crippen molar-refractivity contribution in [3.05, 3.63) is 12.1 Å². The molecule has 0 aromatic heterocycles. The molecule has 2 saturated heterocycles. The fourth-order valence-corrected chi connectivity index (χ4v) is 3.84. The molecule has 2 aliphatic rings. The quantitative estimate of drug-likeness (QED) is 0.599. The summed E-state index contributed by atoms with van der Waals surface area (Å²) >= 11 is 0. The Kier molecular flexibility index (Phi) is 8.36. The van der Waals surface area contributed by atoms with Crippen molar-refractivity contribution in [3.8, 4) is 11.5 Å². The number of carbonyl (C=O) groups is 2. The molecule has 2 amide bonds. The van der Waals surface area contributed by atoms with Gasteiger partial charge in [0.1, 0.15) is 11.5 Å². The van der Waals surface area contributed by atoms with E-state index in [9.17, 15) is 9.59 Å². The van der Waals surface area contributed by atoms with Crippen LogP contribution in [0.15, 0.2) is 12.1 Å². The van der Waals surface area contributed by atoms with Crippen LogP contribution in [0.2, 0.25) is 0 Å². The molecule has 0 aliphatic carbocycles. The SMILES string of the molecule is CCOc1cc(N2CCOCC2)c(OCC)cc1NC(=O)C1CC(=O)N(CCOC)C1. The normalized spacial score (nSPS) is 18.9. The summed E-state index contributed by atoms with van der Waals surface area (Å²) in [6.45, 7) is 8.97. The van der Waals surface area contributed by atoms with E-state index in [1.165, 1.54) is 0 Å². The minimum Gasteiger partial charge on any atom is -0.492 e. The van der Waals surface area contributed by atoms with Crippen molar-refractivity contribution in [2.45, 2.75) is 20.3 Å². The third-order valence-corrected chi connectivity index (χ3v) is 5.42. The maximum atomic E-state index is 12.9. The monoisotopic (exact) mass is 435 g/mol. The molecule has 1 N–H and O–H groups in total. The van der Waals surface area contributed by atoms with E-state index in [1.54, 1.807) is 12.0 Å². The topological polar surface area (TPSA) is 89.6 Å². The van der Waals surface area contributed by atoms with Crippen LogP contribution in [0, 0.1) is 5.92 Å². The number of amides is 2. The minimum atomic E-state index is -0.409. The number of ether oxygens (including phenoxy) is 4. The predicted octanol–water partition coefficient (Wildman–Crippen LogP) is 1.75. The fourth-order valence-electron chi connectivity index (χ4n) is 3.84. The molecule has 1 aromatic rings. The molecule has 2 aliphatic heterocycles. The highest BCUT2D eigenvalue weighted by Gasteiger charge is 2.34. The molecule has 9 heteroatoms. The highest BCUT2D eigenvalue weighted by molar-refractivity contribution is 5.98. The molecule has 0 bridgehead atoms. The summed E-state index contributed by atoms with van der Waals surface area (Å²) in [4.78, 5) is 29.0. The van der Waals surface area contributed by atoms with E-state index in [-0.39, 0.29) is 18.2 Å². The van der Waals surface area contributed by atoms with Gasteiger partial charge in [-0.3, -0.25) is 9.59 Å². The number of likely N-dealkylation sites (tertiary alicyclic amines) is 1. The number of hydrogen-bond acceptors (Lipinski definition) is 7. The standard InChI is InChI=1S/C22H33N3O6/c1-4-30-19-14-18(24-7-10-29-11-8-24)20(31-5-2)13-17(19)23-22(27)16-12-21(26)25(15-16)6-9-28-3/h13-14,16H,4-12,15H2,1-3H3,(H,23,27). The molecule has 2 fully saturated rings. The van der Waals surface area contributed by atoms with Crippen LogP contribution in [-0.4, -0.2) is 83.0 Å². The number of carbonyl (C=O) groups excluding carboxylic acids is 2. The van der Waals surface area contributed by atoms with Crippen molar-refractivity contribution in [3.63, 3.8) is 0 Å². The lowest BCUT2D eigenvalue weighted by Gasteiger charge is -2.31. The Morgan fingerprint density at radius 3 is 2.55 bits per heavy atom. The van der Waals surface area contributed by atoms with Crippen molar-refractivity contribution < 1.29 is 28.5 Å². The van der Waals surface area contributed by atoms with Gasteiger partial charge >= 0.3 is 0 Å². The smallest absolute Gasteiger partial charge is 0.229 e. The van der Waals surface area contributed by atoms with Crippen molar-refractivity contribution in [2.75, 3.05) is 76.5 Å². The minimum absolute atomic E-state index is 0.0279. The molecule has 0 spiro atoms. The third-order valence-electron chi connectivity index (χ3n) is 5.42. The molecule has 1 unspecified atom stereocenters. The highest BCUT2D eigenvalue weighted by atomic mass is 16.5.